The lowest BCUT2D eigenvalue weighted by molar-refractivity contribution is -0.117. The molecule has 5 heteroatoms. The summed E-state index contributed by atoms with van der Waals surface area (Å²) >= 11 is 0. The molecule has 0 saturated carbocycles. The van der Waals surface area contributed by atoms with Crippen molar-refractivity contribution < 1.29 is 14.3 Å². The van der Waals surface area contributed by atoms with Gasteiger partial charge in [-0.2, -0.15) is 5.26 Å². The lowest BCUT2D eigenvalue weighted by atomic mass is 10.0. The number of nitriles is 1. The molecule has 2 rings (SSSR count). The first kappa shape index (κ1) is 22.8. The highest BCUT2D eigenvalue weighted by Gasteiger charge is 2.15. The number of benzene rings is 2. The molecule has 2 aromatic rings. The highest BCUT2D eigenvalue weighted by atomic mass is 16.5. The summed E-state index contributed by atoms with van der Waals surface area (Å²) in [5.74, 6) is 0.859. The largest absolute Gasteiger partial charge is 0.490 e. The van der Waals surface area contributed by atoms with E-state index in [1.807, 2.05) is 56.3 Å². The van der Waals surface area contributed by atoms with Crippen LogP contribution >= 0.6 is 0 Å². The van der Waals surface area contributed by atoms with Gasteiger partial charge in [0.1, 0.15) is 11.6 Å². The molecule has 0 radical (unpaired) electrons. The maximum absolute atomic E-state index is 12.5. The summed E-state index contributed by atoms with van der Waals surface area (Å²) in [6.45, 7) is 9.16. The van der Waals surface area contributed by atoms with E-state index in [1.165, 1.54) is 0 Å². The van der Waals surface area contributed by atoms with Crippen LogP contribution in [-0.2, 0) is 17.8 Å². The highest BCUT2D eigenvalue weighted by molar-refractivity contribution is 6.01. The van der Waals surface area contributed by atoms with Crippen molar-refractivity contribution in [3.8, 4) is 17.6 Å². The summed E-state index contributed by atoms with van der Waals surface area (Å²) < 4.78 is 11.7. The smallest absolute Gasteiger partial charge is 0.262 e. The van der Waals surface area contributed by atoms with Crippen LogP contribution in [0.2, 0.25) is 0 Å². The van der Waals surface area contributed by atoms with E-state index in [4.69, 9.17) is 9.47 Å². The molecule has 0 aromatic heterocycles. The minimum atomic E-state index is -0.420. The number of hydrogen-bond acceptors (Lipinski definition) is 4. The van der Waals surface area contributed by atoms with Crippen molar-refractivity contribution in [3.05, 3.63) is 77.4 Å². The Hall–Kier alpha value is -3.52. The Bertz CT molecular complexity index is 927. The molecule has 0 spiro atoms. The number of allylic oxidation sites excluding steroid dienone is 1. The van der Waals surface area contributed by atoms with Crippen molar-refractivity contribution in [2.45, 2.75) is 33.2 Å². The minimum Gasteiger partial charge on any atom is -0.490 e. The number of rotatable bonds is 11. The van der Waals surface area contributed by atoms with Gasteiger partial charge in [0.2, 0.25) is 0 Å². The Morgan fingerprint density at radius 2 is 1.97 bits per heavy atom. The van der Waals surface area contributed by atoms with Crippen molar-refractivity contribution in [2.75, 3.05) is 13.2 Å². The van der Waals surface area contributed by atoms with Crippen molar-refractivity contribution in [1.29, 1.82) is 5.26 Å². The van der Waals surface area contributed by atoms with Gasteiger partial charge in [0, 0.05) is 12.1 Å². The zero-order valence-electron chi connectivity index (χ0n) is 17.6. The van der Waals surface area contributed by atoms with Crippen molar-refractivity contribution >= 4 is 12.0 Å². The molecule has 0 aliphatic heterocycles. The Morgan fingerprint density at radius 3 is 2.60 bits per heavy atom. The normalized spacial score (nSPS) is 10.8. The van der Waals surface area contributed by atoms with Crippen molar-refractivity contribution in [2.24, 2.45) is 0 Å². The fourth-order valence-corrected chi connectivity index (χ4v) is 2.89. The maximum atomic E-state index is 12.5. The predicted molar refractivity (Wildman–Crippen MR) is 119 cm³/mol. The van der Waals surface area contributed by atoms with Gasteiger partial charge in [0.05, 0.1) is 13.2 Å². The number of nitrogens with zero attached hydrogens (tertiary/aromatic N) is 1. The quantitative estimate of drug-likeness (QED) is 0.331. The topological polar surface area (TPSA) is 71.4 Å². The maximum Gasteiger partial charge on any atom is 0.262 e. The molecule has 0 aliphatic rings. The van der Waals surface area contributed by atoms with E-state index < -0.39 is 5.91 Å². The average molecular weight is 405 g/mol. The van der Waals surface area contributed by atoms with E-state index >= 15 is 0 Å². The molecule has 5 nitrogen and oxygen atoms in total. The second-order valence-electron chi connectivity index (χ2n) is 6.62. The molecule has 0 atom stereocenters. The average Bonchev–Trinajstić information content (AvgIpc) is 2.76. The summed E-state index contributed by atoms with van der Waals surface area (Å²) in [5, 5.41) is 12.3. The zero-order chi connectivity index (χ0) is 21.8. The molecular formula is C25H28N2O3. The van der Waals surface area contributed by atoms with Crippen LogP contribution in [0.3, 0.4) is 0 Å². The van der Waals surface area contributed by atoms with E-state index in [0.717, 1.165) is 17.5 Å². The van der Waals surface area contributed by atoms with Gasteiger partial charge < -0.3 is 14.8 Å². The molecule has 0 bridgehead atoms. The third kappa shape index (κ3) is 6.52. The molecule has 156 valence electrons. The third-order valence-corrected chi connectivity index (χ3v) is 4.24. The first-order valence-electron chi connectivity index (χ1n) is 10.1. The molecule has 1 amide bonds. The van der Waals surface area contributed by atoms with Crippen LogP contribution in [-0.4, -0.2) is 19.1 Å². The lowest BCUT2D eigenvalue weighted by Gasteiger charge is -2.16. The fraction of sp³-hybridized carbons (Fsp3) is 0.280. The Balaban J connectivity index is 2.32. The lowest BCUT2D eigenvalue weighted by Crippen LogP contribution is -2.23. The molecule has 2 aromatic carbocycles. The Kier molecular flexibility index (Phi) is 9.20. The van der Waals surface area contributed by atoms with Crippen LogP contribution in [0.1, 0.15) is 37.0 Å². The van der Waals surface area contributed by atoms with Crippen LogP contribution in [0, 0.1) is 11.3 Å². The van der Waals surface area contributed by atoms with E-state index in [1.54, 1.807) is 18.2 Å². The summed E-state index contributed by atoms with van der Waals surface area (Å²) in [7, 11) is 0. The highest BCUT2D eigenvalue weighted by Crippen LogP contribution is 2.34. The summed E-state index contributed by atoms with van der Waals surface area (Å²) in [4.78, 5) is 12.5. The predicted octanol–water partition coefficient (Wildman–Crippen LogP) is 4.83. The van der Waals surface area contributed by atoms with Gasteiger partial charge in [-0.1, -0.05) is 43.3 Å². The molecule has 0 aliphatic carbocycles. The van der Waals surface area contributed by atoms with Gasteiger partial charge in [-0.05, 0) is 49.1 Å². The molecule has 0 saturated heterocycles. The molecule has 0 heterocycles. The van der Waals surface area contributed by atoms with Gasteiger partial charge in [-0.3, -0.25) is 4.79 Å². The Morgan fingerprint density at radius 1 is 1.20 bits per heavy atom. The molecule has 0 fully saturated rings. The van der Waals surface area contributed by atoms with Gasteiger partial charge in [0.25, 0.3) is 5.91 Å². The third-order valence-electron chi connectivity index (χ3n) is 4.24. The van der Waals surface area contributed by atoms with Crippen LogP contribution in [0.5, 0.6) is 11.5 Å². The van der Waals surface area contributed by atoms with E-state index in [9.17, 15) is 10.1 Å². The molecule has 30 heavy (non-hydrogen) atoms. The van der Waals surface area contributed by atoms with E-state index in [0.29, 0.717) is 43.2 Å². The standard InChI is InChI=1S/C25H28N2O3/c1-4-10-21-14-20(16-23(29-6-3)24(21)30-13-5-2)15-22(17-26)25(28)27-18-19-11-8-7-9-12-19/h4,7-9,11-12,14-16H,1,5-6,10,13,18H2,2-3H3,(H,27,28)/b22-15+. The first-order chi connectivity index (χ1) is 14.6. The second kappa shape index (κ2) is 12.1. The summed E-state index contributed by atoms with van der Waals surface area (Å²) in [6, 6.07) is 15.2. The number of carbonyl (C=O) groups excluding carboxylic acids is 1. The number of nitrogens with one attached hydrogen (secondary N) is 1. The number of ether oxygens (including phenoxy) is 2. The first-order valence-corrected chi connectivity index (χ1v) is 10.1. The SMILES string of the molecule is C=CCc1cc(/C=C(\C#N)C(=O)NCc2ccccc2)cc(OCC)c1OCCC. The van der Waals surface area contributed by atoms with Crippen LogP contribution < -0.4 is 14.8 Å². The van der Waals surface area contributed by atoms with Gasteiger partial charge in [-0.15, -0.1) is 6.58 Å². The summed E-state index contributed by atoms with van der Waals surface area (Å²) in [5.41, 5.74) is 2.59. The van der Waals surface area contributed by atoms with Gasteiger partial charge >= 0.3 is 0 Å². The van der Waals surface area contributed by atoms with Crippen LogP contribution in [0.4, 0.5) is 0 Å². The van der Waals surface area contributed by atoms with Crippen molar-refractivity contribution in [3.63, 3.8) is 0 Å². The second-order valence-corrected chi connectivity index (χ2v) is 6.62. The van der Waals surface area contributed by atoms with E-state index in [2.05, 4.69) is 11.9 Å². The van der Waals surface area contributed by atoms with Crippen molar-refractivity contribution in [1.82, 2.24) is 5.32 Å². The van der Waals surface area contributed by atoms with Crippen LogP contribution in [0.15, 0.2) is 60.7 Å². The minimum absolute atomic E-state index is 0.0279. The van der Waals surface area contributed by atoms with Gasteiger partial charge in [0.15, 0.2) is 11.5 Å². The molecular weight excluding hydrogens is 376 g/mol. The molecule has 0 unspecified atom stereocenters. The summed E-state index contributed by atoms with van der Waals surface area (Å²) in [6.07, 6.45) is 4.82. The van der Waals surface area contributed by atoms with Gasteiger partial charge in [-0.25, -0.2) is 0 Å². The zero-order valence-corrected chi connectivity index (χ0v) is 17.6. The number of carbonyl (C=O) groups is 1. The van der Waals surface area contributed by atoms with E-state index in [-0.39, 0.29) is 5.57 Å². The monoisotopic (exact) mass is 404 g/mol. The molecule has 1 N–H and O–H groups in total. The van der Waals surface area contributed by atoms with Crippen LogP contribution in [0.25, 0.3) is 6.08 Å². The number of amides is 1. The Labute approximate surface area is 178 Å². The fourth-order valence-electron chi connectivity index (χ4n) is 2.89. The number of hydrogen-bond donors (Lipinski definition) is 1.